The second-order valence-corrected chi connectivity index (χ2v) is 3.51. The zero-order chi connectivity index (χ0) is 14.3. The Labute approximate surface area is 109 Å². The Kier molecular flexibility index (Phi) is 5.34. The van der Waals surface area contributed by atoms with Gasteiger partial charge in [0, 0.05) is 18.2 Å². The summed E-state index contributed by atoms with van der Waals surface area (Å²) in [6.07, 6.45) is 1.22. The molecule has 0 heterocycles. The number of nitro benzene ring substituents is 1. The zero-order valence-corrected chi connectivity index (χ0v) is 10.6. The van der Waals surface area contributed by atoms with Crippen LogP contribution >= 0.6 is 0 Å². The second kappa shape index (κ2) is 7.00. The van der Waals surface area contributed by atoms with Crippen LogP contribution < -0.4 is 0 Å². The molecule has 0 aromatic heterocycles. The molecule has 0 atom stereocenters. The van der Waals surface area contributed by atoms with E-state index in [9.17, 15) is 14.9 Å². The topological polar surface area (TPSA) is 94.2 Å². The van der Waals surface area contributed by atoms with Gasteiger partial charge in [0.15, 0.2) is 0 Å². The third-order valence-corrected chi connectivity index (χ3v) is 2.00. The lowest BCUT2D eigenvalue weighted by molar-refractivity contribution is -0.384. The number of non-ortho nitro benzene ring substituents is 1. The maximum Gasteiger partial charge on any atom is 0.332 e. The molecule has 0 saturated carbocycles. The first-order valence-electron chi connectivity index (χ1n) is 5.54. The molecule has 7 heteroatoms. The number of ether oxygens (including phenoxy) is 1. The van der Waals surface area contributed by atoms with Crippen LogP contribution in [0.15, 0.2) is 46.3 Å². The number of carbonyl (C=O) groups excluding carboxylic acids is 1. The lowest BCUT2D eigenvalue weighted by Gasteiger charge is -1.96. The number of rotatable bonds is 5. The number of nitrogens with zero attached hydrogens (tertiary/aromatic N) is 3. The average Bonchev–Trinajstić information content (AvgIpc) is 2.37. The van der Waals surface area contributed by atoms with Gasteiger partial charge in [0.2, 0.25) is 0 Å². The highest BCUT2D eigenvalue weighted by molar-refractivity contribution is 5.82. The number of carbonyl (C=O) groups is 1. The molecule has 0 N–H and O–H groups in total. The van der Waals surface area contributed by atoms with Gasteiger partial charge < -0.3 is 4.74 Å². The fraction of sp³-hybridized carbons (Fsp3) is 0.250. The highest BCUT2D eigenvalue weighted by Crippen LogP contribution is 2.18. The molecule has 0 aliphatic carbocycles. The van der Waals surface area contributed by atoms with E-state index >= 15 is 0 Å². The molecule has 0 fully saturated rings. The molecule has 0 saturated heterocycles. The summed E-state index contributed by atoms with van der Waals surface area (Å²) in [5.74, 6) is -0.484. The molecule has 0 radical (unpaired) electrons. The van der Waals surface area contributed by atoms with Gasteiger partial charge in [-0.05, 0) is 26.0 Å². The number of benzene rings is 1. The van der Waals surface area contributed by atoms with E-state index in [-0.39, 0.29) is 5.69 Å². The standard InChI is InChI=1S/C12H13N3O4/c1-3-19-12(16)8-9(2)13-14-10-4-6-11(7-5-10)15(17)18/h4-8H,3H2,1-2H3/b9-8+,14-13?. The van der Waals surface area contributed by atoms with Crippen molar-refractivity contribution in [1.29, 1.82) is 0 Å². The van der Waals surface area contributed by atoms with E-state index in [1.54, 1.807) is 13.8 Å². The van der Waals surface area contributed by atoms with Crippen LogP contribution in [0.2, 0.25) is 0 Å². The van der Waals surface area contributed by atoms with Crippen LogP contribution in [-0.4, -0.2) is 17.5 Å². The minimum atomic E-state index is -0.493. The molecule has 1 rings (SSSR count). The number of nitro groups is 1. The highest BCUT2D eigenvalue weighted by atomic mass is 16.6. The Morgan fingerprint density at radius 3 is 2.58 bits per heavy atom. The average molecular weight is 263 g/mol. The molecule has 0 spiro atoms. The highest BCUT2D eigenvalue weighted by Gasteiger charge is 2.03. The quantitative estimate of drug-likeness (QED) is 0.268. The smallest absolute Gasteiger partial charge is 0.332 e. The van der Waals surface area contributed by atoms with Crippen molar-refractivity contribution in [3.05, 3.63) is 46.2 Å². The Morgan fingerprint density at radius 1 is 1.42 bits per heavy atom. The van der Waals surface area contributed by atoms with Crippen LogP contribution in [0.1, 0.15) is 13.8 Å². The molecule has 100 valence electrons. The SMILES string of the molecule is CCOC(=O)/C=C(\C)N=Nc1ccc([N+](=O)[O-])cc1. The summed E-state index contributed by atoms with van der Waals surface area (Å²) >= 11 is 0. The van der Waals surface area contributed by atoms with Crippen molar-refractivity contribution in [2.75, 3.05) is 6.61 Å². The van der Waals surface area contributed by atoms with Crippen molar-refractivity contribution in [2.24, 2.45) is 10.2 Å². The van der Waals surface area contributed by atoms with Gasteiger partial charge in [-0.15, -0.1) is 0 Å². The Morgan fingerprint density at radius 2 is 2.05 bits per heavy atom. The number of azo groups is 1. The molecule has 0 aliphatic heterocycles. The van der Waals surface area contributed by atoms with Crippen molar-refractivity contribution in [2.45, 2.75) is 13.8 Å². The van der Waals surface area contributed by atoms with Crippen LogP contribution in [0.25, 0.3) is 0 Å². The van der Waals surface area contributed by atoms with Crippen molar-refractivity contribution < 1.29 is 14.5 Å². The Balaban J connectivity index is 2.70. The van der Waals surface area contributed by atoms with Gasteiger partial charge >= 0.3 is 5.97 Å². The summed E-state index contributed by atoms with van der Waals surface area (Å²) in [5.41, 5.74) is 0.830. The van der Waals surface area contributed by atoms with Crippen molar-refractivity contribution in [1.82, 2.24) is 0 Å². The summed E-state index contributed by atoms with van der Waals surface area (Å²) in [6.45, 7) is 3.60. The van der Waals surface area contributed by atoms with Crippen LogP contribution in [-0.2, 0) is 9.53 Å². The molecule has 0 bridgehead atoms. The first kappa shape index (κ1) is 14.5. The minimum absolute atomic E-state index is 0.0160. The van der Waals surface area contributed by atoms with Crippen molar-refractivity contribution >= 4 is 17.3 Å². The van der Waals surface area contributed by atoms with Gasteiger partial charge in [0.25, 0.3) is 5.69 Å². The van der Waals surface area contributed by atoms with Crippen LogP contribution in [0.3, 0.4) is 0 Å². The van der Waals surface area contributed by atoms with Gasteiger partial charge in [-0.3, -0.25) is 10.1 Å². The van der Waals surface area contributed by atoms with E-state index in [2.05, 4.69) is 10.2 Å². The zero-order valence-electron chi connectivity index (χ0n) is 10.6. The lowest BCUT2D eigenvalue weighted by Crippen LogP contribution is -1.99. The molecule has 1 aromatic rings. The summed E-state index contributed by atoms with van der Waals surface area (Å²) in [5, 5.41) is 18.1. The van der Waals surface area contributed by atoms with E-state index in [4.69, 9.17) is 4.74 Å². The van der Waals surface area contributed by atoms with E-state index in [1.807, 2.05) is 0 Å². The lowest BCUT2D eigenvalue weighted by atomic mass is 10.3. The van der Waals surface area contributed by atoms with E-state index in [0.717, 1.165) is 0 Å². The minimum Gasteiger partial charge on any atom is -0.463 e. The Hall–Kier alpha value is -2.57. The second-order valence-electron chi connectivity index (χ2n) is 3.51. The molecule has 0 amide bonds. The monoisotopic (exact) mass is 263 g/mol. The van der Waals surface area contributed by atoms with Crippen LogP contribution in [0.5, 0.6) is 0 Å². The first-order chi connectivity index (χ1) is 9.02. The summed E-state index contributed by atoms with van der Waals surface area (Å²) in [4.78, 5) is 21.1. The molecule has 0 aliphatic rings. The molecular weight excluding hydrogens is 250 g/mol. The van der Waals surface area contributed by atoms with Crippen LogP contribution in [0.4, 0.5) is 11.4 Å². The Bertz CT molecular complexity index is 520. The molecule has 19 heavy (non-hydrogen) atoms. The van der Waals surface area contributed by atoms with Gasteiger partial charge in [0.1, 0.15) is 0 Å². The van der Waals surface area contributed by atoms with E-state index < -0.39 is 10.9 Å². The summed E-state index contributed by atoms with van der Waals surface area (Å²) in [6, 6.07) is 5.61. The van der Waals surface area contributed by atoms with Crippen molar-refractivity contribution in [3.63, 3.8) is 0 Å². The van der Waals surface area contributed by atoms with Gasteiger partial charge in [0.05, 0.1) is 22.9 Å². The third-order valence-electron chi connectivity index (χ3n) is 2.00. The number of hydrogen-bond acceptors (Lipinski definition) is 6. The summed E-state index contributed by atoms with van der Waals surface area (Å²) in [7, 11) is 0. The van der Waals surface area contributed by atoms with Crippen LogP contribution in [0, 0.1) is 10.1 Å². The van der Waals surface area contributed by atoms with E-state index in [1.165, 1.54) is 30.3 Å². The maximum atomic E-state index is 11.1. The molecule has 1 aromatic carbocycles. The summed E-state index contributed by atoms with van der Waals surface area (Å²) < 4.78 is 4.71. The number of allylic oxidation sites excluding steroid dienone is 1. The van der Waals surface area contributed by atoms with Gasteiger partial charge in [-0.1, -0.05) is 0 Å². The first-order valence-corrected chi connectivity index (χ1v) is 5.54. The predicted molar refractivity (Wildman–Crippen MR) is 68.0 cm³/mol. The molecular formula is C12H13N3O4. The number of hydrogen-bond donors (Lipinski definition) is 0. The third kappa shape index (κ3) is 5.07. The van der Waals surface area contributed by atoms with E-state index in [0.29, 0.717) is 18.0 Å². The number of esters is 1. The molecule has 7 nitrogen and oxygen atoms in total. The van der Waals surface area contributed by atoms with Gasteiger partial charge in [-0.25, -0.2) is 4.79 Å². The molecule has 0 unspecified atom stereocenters. The van der Waals surface area contributed by atoms with Gasteiger partial charge in [-0.2, -0.15) is 10.2 Å². The van der Waals surface area contributed by atoms with Crippen molar-refractivity contribution in [3.8, 4) is 0 Å². The normalized spacial score (nSPS) is 11.6. The largest absolute Gasteiger partial charge is 0.463 e. The predicted octanol–water partition coefficient (Wildman–Crippen LogP) is 3.15. The maximum absolute atomic E-state index is 11.1. The fourth-order valence-electron chi connectivity index (χ4n) is 1.16. The fourth-order valence-corrected chi connectivity index (χ4v) is 1.16.